The van der Waals surface area contributed by atoms with Gasteiger partial charge in [0.15, 0.2) is 0 Å². The highest BCUT2D eigenvalue weighted by molar-refractivity contribution is 6.21. The number of benzene rings is 2. The Hall–Kier alpha value is -2.99. The minimum atomic E-state index is -0.293. The van der Waals surface area contributed by atoms with Gasteiger partial charge in [0.1, 0.15) is 0 Å². The Kier molecular flexibility index (Phi) is 4.96. The molecule has 2 atom stereocenters. The number of nitrogens with zero attached hydrogens (tertiary/aromatic N) is 1. The molecule has 0 aromatic heterocycles. The van der Waals surface area contributed by atoms with Crippen LogP contribution < -0.4 is 10.6 Å². The Morgan fingerprint density at radius 1 is 1.11 bits per heavy atom. The first-order chi connectivity index (χ1) is 13.5. The van der Waals surface area contributed by atoms with Gasteiger partial charge in [-0.3, -0.25) is 19.3 Å². The molecule has 0 saturated carbocycles. The van der Waals surface area contributed by atoms with Crippen molar-refractivity contribution >= 4 is 17.7 Å². The van der Waals surface area contributed by atoms with E-state index in [1.807, 2.05) is 6.07 Å². The standard InChI is InChI=1S/C22H23N3O3/c1-14-12-23-10-9-19(14)24-20(26)16-6-4-5-15(11-16)13-25-21(27)17-7-2-3-8-18(17)22(25)28/h2-8,11,14,19,23H,9-10,12-13H2,1H3,(H,24,26). The summed E-state index contributed by atoms with van der Waals surface area (Å²) in [6.07, 6.45) is 0.904. The summed E-state index contributed by atoms with van der Waals surface area (Å²) >= 11 is 0. The van der Waals surface area contributed by atoms with E-state index in [0.29, 0.717) is 22.6 Å². The first kappa shape index (κ1) is 18.4. The highest BCUT2D eigenvalue weighted by Gasteiger charge is 2.35. The van der Waals surface area contributed by atoms with Crippen molar-refractivity contribution < 1.29 is 14.4 Å². The lowest BCUT2D eigenvalue weighted by atomic mass is 9.95. The molecule has 4 rings (SSSR count). The molecule has 1 fully saturated rings. The van der Waals surface area contributed by atoms with Crippen LogP contribution in [0.4, 0.5) is 0 Å². The number of carbonyl (C=O) groups is 3. The Labute approximate surface area is 163 Å². The van der Waals surface area contributed by atoms with Gasteiger partial charge in [-0.15, -0.1) is 0 Å². The summed E-state index contributed by atoms with van der Waals surface area (Å²) in [5, 5.41) is 6.43. The molecule has 2 aromatic rings. The van der Waals surface area contributed by atoms with Gasteiger partial charge in [0.25, 0.3) is 17.7 Å². The monoisotopic (exact) mass is 377 g/mol. The van der Waals surface area contributed by atoms with Gasteiger partial charge in [-0.05, 0) is 55.3 Å². The van der Waals surface area contributed by atoms with Gasteiger partial charge in [0, 0.05) is 11.6 Å². The topological polar surface area (TPSA) is 78.5 Å². The summed E-state index contributed by atoms with van der Waals surface area (Å²) in [6.45, 7) is 4.06. The van der Waals surface area contributed by atoms with E-state index < -0.39 is 0 Å². The van der Waals surface area contributed by atoms with E-state index in [1.165, 1.54) is 4.90 Å². The number of carbonyl (C=O) groups excluding carboxylic acids is 3. The average molecular weight is 377 g/mol. The fourth-order valence-electron chi connectivity index (χ4n) is 3.86. The van der Waals surface area contributed by atoms with Crippen molar-refractivity contribution in [3.8, 4) is 0 Å². The van der Waals surface area contributed by atoms with E-state index in [1.54, 1.807) is 42.5 Å². The van der Waals surface area contributed by atoms with Gasteiger partial charge < -0.3 is 10.6 Å². The summed E-state index contributed by atoms with van der Waals surface area (Å²) in [5.41, 5.74) is 2.16. The van der Waals surface area contributed by atoms with Crippen molar-refractivity contribution in [2.24, 2.45) is 5.92 Å². The third kappa shape index (κ3) is 3.43. The Balaban J connectivity index is 1.48. The molecule has 144 valence electrons. The van der Waals surface area contributed by atoms with Crippen LogP contribution in [0.15, 0.2) is 48.5 Å². The molecular weight excluding hydrogens is 354 g/mol. The fraction of sp³-hybridized carbons (Fsp3) is 0.318. The normalized spacial score (nSPS) is 21.5. The summed E-state index contributed by atoms with van der Waals surface area (Å²) in [7, 11) is 0. The first-order valence-corrected chi connectivity index (χ1v) is 9.60. The van der Waals surface area contributed by atoms with Gasteiger partial charge in [0.2, 0.25) is 0 Å². The number of hydrogen-bond donors (Lipinski definition) is 2. The molecule has 6 nitrogen and oxygen atoms in total. The summed E-state index contributed by atoms with van der Waals surface area (Å²) < 4.78 is 0. The highest BCUT2D eigenvalue weighted by Crippen LogP contribution is 2.24. The lowest BCUT2D eigenvalue weighted by Crippen LogP contribution is -2.48. The van der Waals surface area contributed by atoms with Crippen LogP contribution in [0.1, 0.15) is 50.0 Å². The quantitative estimate of drug-likeness (QED) is 0.801. The largest absolute Gasteiger partial charge is 0.349 e. The molecule has 2 aromatic carbocycles. The minimum absolute atomic E-state index is 0.122. The van der Waals surface area contributed by atoms with Crippen LogP contribution in [0.3, 0.4) is 0 Å². The van der Waals surface area contributed by atoms with Crippen LogP contribution in [0.2, 0.25) is 0 Å². The molecule has 0 bridgehead atoms. The second kappa shape index (κ2) is 7.56. The molecule has 1 saturated heterocycles. The Morgan fingerprint density at radius 2 is 1.82 bits per heavy atom. The SMILES string of the molecule is CC1CNCCC1NC(=O)c1cccc(CN2C(=O)c3ccccc3C2=O)c1. The molecule has 0 aliphatic carbocycles. The second-order valence-corrected chi connectivity index (χ2v) is 7.49. The van der Waals surface area contributed by atoms with Gasteiger partial charge in [0.05, 0.1) is 17.7 Å². The van der Waals surface area contributed by atoms with E-state index in [4.69, 9.17) is 0 Å². The summed E-state index contributed by atoms with van der Waals surface area (Å²) in [4.78, 5) is 39.0. The van der Waals surface area contributed by atoms with Crippen LogP contribution in [0, 0.1) is 5.92 Å². The molecule has 2 aliphatic heterocycles. The Morgan fingerprint density at radius 3 is 2.50 bits per heavy atom. The van der Waals surface area contributed by atoms with Crippen LogP contribution in [-0.2, 0) is 6.54 Å². The molecule has 0 radical (unpaired) electrons. The van der Waals surface area contributed by atoms with Crippen molar-refractivity contribution in [3.05, 3.63) is 70.8 Å². The fourth-order valence-corrected chi connectivity index (χ4v) is 3.86. The number of hydrogen-bond acceptors (Lipinski definition) is 4. The zero-order valence-corrected chi connectivity index (χ0v) is 15.8. The smallest absolute Gasteiger partial charge is 0.261 e. The van der Waals surface area contributed by atoms with Crippen LogP contribution in [-0.4, -0.2) is 41.8 Å². The molecule has 2 unspecified atom stereocenters. The number of amides is 3. The maximum Gasteiger partial charge on any atom is 0.261 e. The minimum Gasteiger partial charge on any atom is -0.349 e. The van der Waals surface area contributed by atoms with E-state index in [0.717, 1.165) is 25.1 Å². The first-order valence-electron chi connectivity index (χ1n) is 9.60. The molecular formula is C22H23N3O3. The third-order valence-electron chi connectivity index (χ3n) is 5.51. The molecule has 2 N–H and O–H groups in total. The number of fused-ring (bicyclic) bond motifs is 1. The highest BCUT2D eigenvalue weighted by atomic mass is 16.2. The van der Waals surface area contributed by atoms with Crippen molar-refractivity contribution in [2.75, 3.05) is 13.1 Å². The van der Waals surface area contributed by atoms with E-state index in [-0.39, 0.29) is 30.3 Å². The predicted octanol–water partition coefficient (Wildman–Crippen LogP) is 2.21. The number of nitrogens with one attached hydrogen (secondary N) is 2. The van der Waals surface area contributed by atoms with Gasteiger partial charge >= 0.3 is 0 Å². The van der Waals surface area contributed by atoms with Crippen molar-refractivity contribution in [2.45, 2.75) is 25.9 Å². The molecule has 28 heavy (non-hydrogen) atoms. The van der Waals surface area contributed by atoms with Crippen molar-refractivity contribution in [3.63, 3.8) is 0 Å². The average Bonchev–Trinajstić information content (AvgIpc) is 2.95. The maximum absolute atomic E-state index is 12.7. The molecule has 6 heteroatoms. The van der Waals surface area contributed by atoms with E-state index in [2.05, 4.69) is 17.6 Å². The summed E-state index contributed by atoms with van der Waals surface area (Å²) in [5.74, 6) is -0.333. The zero-order valence-electron chi connectivity index (χ0n) is 15.8. The maximum atomic E-state index is 12.7. The predicted molar refractivity (Wildman–Crippen MR) is 105 cm³/mol. The number of piperidine rings is 1. The van der Waals surface area contributed by atoms with Gasteiger partial charge in [-0.1, -0.05) is 31.2 Å². The zero-order chi connectivity index (χ0) is 19.7. The van der Waals surface area contributed by atoms with Gasteiger partial charge in [-0.25, -0.2) is 0 Å². The lowest BCUT2D eigenvalue weighted by Gasteiger charge is -2.30. The summed E-state index contributed by atoms with van der Waals surface area (Å²) in [6, 6.07) is 14.1. The van der Waals surface area contributed by atoms with E-state index in [9.17, 15) is 14.4 Å². The molecule has 2 aliphatic rings. The van der Waals surface area contributed by atoms with Crippen LogP contribution >= 0.6 is 0 Å². The third-order valence-corrected chi connectivity index (χ3v) is 5.51. The lowest BCUT2D eigenvalue weighted by molar-refractivity contribution is 0.0642. The molecule has 0 spiro atoms. The van der Waals surface area contributed by atoms with Crippen LogP contribution in [0.25, 0.3) is 0 Å². The molecule has 3 amide bonds. The van der Waals surface area contributed by atoms with Crippen molar-refractivity contribution in [1.82, 2.24) is 15.5 Å². The number of rotatable bonds is 4. The second-order valence-electron chi connectivity index (χ2n) is 7.49. The van der Waals surface area contributed by atoms with Crippen molar-refractivity contribution in [1.29, 1.82) is 0 Å². The van der Waals surface area contributed by atoms with E-state index >= 15 is 0 Å². The van der Waals surface area contributed by atoms with Gasteiger partial charge in [-0.2, -0.15) is 0 Å². The Bertz CT molecular complexity index is 905. The van der Waals surface area contributed by atoms with Crippen LogP contribution in [0.5, 0.6) is 0 Å². The number of imide groups is 1. The molecule has 2 heterocycles.